The first-order valence-corrected chi connectivity index (χ1v) is 10.4. The lowest BCUT2D eigenvalue weighted by Crippen LogP contribution is -2.43. The number of β-amino-alcohol motifs (C(OH)–C–C–N with tert-alkyl or cyclic N) is 1. The van der Waals surface area contributed by atoms with Crippen LogP contribution in [0.1, 0.15) is 12.0 Å². The van der Waals surface area contributed by atoms with E-state index in [9.17, 15) is 9.90 Å². The molecule has 32 heavy (non-hydrogen) atoms. The molecule has 3 aromatic rings. The number of fused-ring (bicyclic) bond motifs is 2. The molecule has 3 heterocycles. The summed E-state index contributed by atoms with van der Waals surface area (Å²) < 4.78 is 0. The van der Waals surface area contributed by atoms with Crippen molar-refractivity contribution in [1.29, 1.82) is 0 Å². The summed E-state index contributed by atoms with van der Waals surface area (Å²) in [4.78, 5) is 25.6. The fraction of sp³-hybridized carbons (Fsp3) is 0.250. The third-order valence-electron chi connectivity index (χ3n) is 6.00. The van der Waals surface area contributed by atoms with Crippen molar-refractivity contribution in [1.82, 2.24) is 10.2 Å². The van der Waals surface area contributed by atoms with Gasteiger partial charge in [0.1, 0.15) is 0 Å². The lowest BCUT2D eigenvalue weighted by molar-refractivity contribution is -0.123. The van der Waals surface area contributed by atoms with Crippen molar-refractivity contribution in [2.75, 3.05) is 36.0 Å². The quantitative estimate of drug-likeness (QED) is 0.610. The van der Waals surface area contributed by atoms with Gasteiger partial charge in [0.15, 0.2) is 5.82 Å². The number of anilines is 2. The maximum atomic E-state index is 13.3. The zero-order valence-electron chi connectivity index (χ0n) is 17.5. The van der Waals surface area contributed by atoms with E-state index in [1.54, 1.807) is 4.90 Å². The zero-order valence-corrected chi connectivity index (χ0v) is 17.5. The van der Waals surface area contributed by atoms with Crippen LogP contribution in [0.4, 0.5) is 11.5 Å². The number of aliphatic hydroxyl groups excluding tert-OH is 1. The molecule has 1 spiro atoms. The minimum Gasteiger partial charge on any atom is -0.483 e. The predicted molar refractivity (Wildman–Crippen MR) is 121 cm³/mol. The number of hydrogen-bond acceptors (Lipinski definition) is 6. The van der Waals surface area contributed by atoms with Gasteiger partial charge in [0.2, 0.25) is 5.91 Å². The number of aliphatic hydroxyl groups is 1. The van der Waals surface area contributed by atoms with E-state index in [0.717, 1.165) is 41.3 Å². The first kappa shape index (κ1) is 21.5. The highest BCUT2D eigenvalue weighted by Gasteiger charge is 2.54. The lowest BCUT2D eigenvalue weighted by Gasteiger charge is -2.24. The third kappa shape index (κ3) is 3.69. The van der Waals surface area contributed by atoms with Crippen molar-refractivity contribution >= 4 is 23.9 Å². The highest BCUT2D eigenvalue weighted by Crippen LogP contribution is 2.47. The Kier molecular flexibility index (Phi) is 6.13. The Morgan fingerprint density at radius 1 is 1.00 bits per heavy atom. The first-order valence-electron chi connectivity index (χ1n) is 10.4. The number of carboxylic acid groups (broad SMARTS) is 1. The summed E-state index contributed by atoms with van der Waals surface area (Å²) in [6, 6.07) is 21.8. The molecular formula is C24H24N4O4. The third-order valence-corrected chi connectivity index (χ3v) is 6.00. The molecule has 8 nitrogen and oxygen atoms in total. The average molecular weight is 432 g/mol. The molecule has 1 amide bonds. The SMILES string of the molecule is O=C1N(CCO)c2ccccc2C12CCN(c1ccc(-c3ccccc3)nn1)C2.O=CO. The van der Waals surface area contributed by atoms with Crippen LogP contribution in [0.3, 0.4) is 0 Å². The molecule has 0 radical (unpaired) electrons. The molecule has 2 aliphatic heterocycles. The minimum atomic E-state index is -0.578. The molecule has 8 heteroatoms. The minimum absolute atomic E-state index is 0.0493. The van der Waals surface area contributed by atoms with Gasteiger partial charge in [-0.2, -0.15) is 0 Å². The number of hydrogen-bond donors (Lipinski definition) is 2. The van der Waals surface area contributed by atoms with Crippen LogP contribution >= 0.6 is 0 Å². The molecule has 164 valence electrons. The van der Waals surface area contributed by atoms with Gasteiger partial charge in [0.05, 0.1) is 17.7 Å². The van der Waals surface area contributed by atoms with Crippen LogP contribution in [0, 0.1) is 0 Å². The predicted octanol–water partition coefficient (Wildman–Crippen LogP) is 2.33. The summed E-state index contributed by atoms with van der Waals surface area (Å²) in [5.41, 5.74) is 3.25. The second-order valence-electron chi connectivity index (χ2n) is 7.70. The van der Waals surface area contributed by atoms with Crippen molar-refractivity contribution in [3.63, 3.8) is 0 Å². The van der Waals surface area contributed by atoms with Crippen LogP contribution < -0.4 is 9.80 Å². The van der Waals surface area contributed by atoms with Crippen LogP contribution in [-0.4, -0.2) is 59.0 Å². The number of carbonyl (C=O) groups is 2. The van der Waals surface area contributed by atoms with E-state index in [0.29, 0.717) is 13.1 Å². The number of rotatable bonds is 4. The number of carbonyl (C=O) groups excluding carboxylic acids is 1. The fourth-order valence-electron chi connectivity index (χ4n) is 4.58. The lowest BCUT2D eigenvalue weighted by atomic mass is 9.81. The smallest absolute Gasteiger partial charge is 0.290 e. The monoisotopic (exact) mass is 432 g/mol. The summed E-state index contributed by atoms with van der Waals surface area (Å²) in [7, 11) is 0. The Balaban J connectivity index is 0.000000775. The molecule has 1 aromatic heterocycles. The molecule has 2 N–H and O–H groups in total. The van der Waals surface area contributed by atoms with Crippen molar-refractivity contribution < 1.29 is 19.8 Å². The van der Waals surface area contributed by atoms with Crippen LogP contribution in [-0.2, 0) is 15.0 Å². The molecule has 1 unspecified atom stereocenters. The van der Waals surface area contributed by atoms with E-state index in [1.807, 2.05) is 66.7 Å². The van der Waals surface area contributed by atoms with Crippen LogP contribution in [0.15, 0.2) is 66.7 Å². The molecule has 1 atom stereocenters. The molecule has 1 saturated heterocycles. The summed E-state index contributed by atoms with van der Waals surface area (Å²) in [5.74, 6) is 0.858. The van der Waals surface area contributed by atoms with Crippen LogP contribution in [0.2, 0.25) is 0 Å². The Morgan fingerprint density at radius 2 is 1.72 bits per heavy atom. The number of aromatic nitrogens is 2. The second-order valence-corrected chi connectivity index (χ2v) is 7.70. The second kappa shape index (κ2) is 9.15. The Bertz CT molecular complexity index is 1090. The molecular weight excluding hydrogens is 408 g/mol. The molecule has 0 bridgehead atoms. The molecule has 2 aromatic carbocycles. The van der Waals surface area contributed by atoms with E-state index in [2.05, 4.69) is 15.1 Å². The van der Waals surface area contributed by atoms with Gasteiger partial charge in [-0.1, -0.05) is 48.5 Å². The number of benzene rings is 2. The largest absolute Gasteiger partial charge is 0.483 e. The van der Waals surface area contributed by atoms with Gasteiger partial charge in [-0.25, -0.2) is 0 Å². The maximum absolute atomic E-state index is 13.3. The summed E-state index contributed by atoms with van der Waals surface area (Å²) >= 11 is 0. The highest BCUT2D eigenvalue weighted by atomic mass is 16.3. The van der Waals surface area contributed by atoms with E-state index in [1.165, 1.54) is 0 Å². The maximum Gasteiger partial charge on any atom is 0.290 e. The summed E-state index contributed by atoms with van der Waals surface area (Å²) in [5, 5.41) is 25.2. The summed E-state index contributed by atoms with van der Waals surface area (Å²) in [6.45, 7) is 1.34. The van der Waals surface area contributed by atoms with Crippen molar-refractivity contribution in [3.8, 4) is 11.3 Å². The first-order chi connectivity index (χ1) is 15.6. The molecule has 1 fully saturated rings. The fourth-order valence-corrected chi connectivity index (χ4v) is 4.58. The topological polar surface area (TPSA) is 107 Å². The summed E-state index contributed by atoms with van der Waals surface area (Å²) in [6.07, 6.45) is 0.729. The van der Waals surface area contributed by atoms with Gasteiger partial charge in [-0.05, 0) is 30.2 Å². The van der Waals surface area contributed by atoms with E-state index in [-0.39, 0.29) is 19.0 Å². The molecule has 0 aliphatic carbocycles. The molecule has 2 aliphatic rings. The van der Waals surface area contributed by atoms with Crippen molar-refractivity contribution in [2.24, 2.45) is 0 Å². The number of para-hydroxylation sites is 1. The molecule has 0 saturated carbocycles. The normalized spacial score (nSPS) is 19.0. The van der Waals surface area contributed by atoms with E-state index >= 15 is 0 Å². The number of nitrogens with zero attached hydrogens (tertiary/aromatic N) is 4. The van der Waals surface area contributed by atoms with Crippen LogP contribution in [0.5, 0.6) is 0 Å². The number of amides is 1. The van der Waals surface area contributed by atoms with Crippen molar-refractivity contribution in [3.05, 3.63) is 72.3 Å². The average Bonchev–Trinajstić information content (AvgIpc) is 3.38. The van der Waals surface area contributed by atoms with E-state index < -0.39 is 5.41 Å². The molecule has 5 rings (SSSR count). The van der Waals surface area contributed by atoms with Crippen molar-refractivity contribution in [2.45, 2.75) is 11.8 Å². The zero-order chi connectivity index (χ0) is 22.6. The van der Waals surface area contributed by atoms with E-state index in [4.69, 9.17) is 9.90 Å². The van der Waals surface area contributed by atoms with Crippen LogP contribution in [0.25, 0.3) is 11.3 Å². The van der Waals surface area contributed by atoms with Gasteiger partial charge in [0, 0.05) is 30.9 Å². The van der Waals surface area contributed by atoms with Gasteiger partial charge in [-0.15, -0.1) is 10.2 Å². The Morgan fingerprint density at radius 3 is 2.41 bits per heavy atom. The Labute approximate surface area is 185 Å². The van der Waals surface area contributed by atoms with Gasteiger partial charge >= 0.3 is 0 Å². The highest BCUT2D eigenvalue weighted by molar-refractivity contribution is 6.09. The van der Waals surface area contributed by atoms with Gasteiger partial charge < -0.3 is 20.0 Å². The van der Waals surface area contributed by atoms with Gasteiger partial charge in [0.25, 0.3) is 6.47 Å². The van der Waals surface area contributed by atoms with Gasteiger partial charge in [-0.3, -0.25) is 9.59 Å². The Hall–Kier alpha value is -3.78. The standard InChI is InChI=1S/C23H22N4O2.CH2O2/c28-15-14-27-20-9-5-4-8-18(20)23(22(27)29)12-13-26(16-23)21-11-10-19(24-25-21)17-6-2-1-3-7-17;2-1-3/h1-11,28H,12-16H2;1H,(H,2,3).